The summed E-state index contributed by atoms with van der Waals surface area (Å²) in [6, 6.07) is 8.81. The predicted molar refractivity (Wildman–Crippen MR) is 163 cm³/mol. The van der Waals surface area contributed by atoms with E-state index in [4.69, 9.17) is 31.5 Å². The largest absolute Gasteiger partial charge is 0.483 e. The summed E-state index contributed by atoms with van der Waals surface area (Å²) >= 11 is 6.45. The molecule has 1 aliphatic heterocycles. The van der Waals surface area contributed by atoms with Gasteiger partial charge < -0.3 is 29.5 Å². The van der Waals surface area contributed by atoms with Gasteiger partial charge >= 0.3 is 0 Å². The fourth-order valence-corrected chi connectivity index (χ4v) is 4.99. The zero-order valence-electron chi connectivity index (χ0n) is 25.1. The van der Waals surface area contributed by atoms with Crippen LogP contribution in [0.5, 0.6) is 5.75 Å². The van der Waals surface area contributed by atoms with Gasteiger partial charge in [-0.3, -0.25) is 19.3 Å². The van der Waals surface area contributed by atoms with Crippen molar-refractivity contribution in [2.24, 2.45) is 7.05 Å². The molecule has 1 fully saturated rings. The molecule has 0 atom stereocenters. The van der Waals surface area contributed by atoms with Crippen LogP contribution < -0.4 is 10.1 Å². The highest BCUT2D eigenvalue weighted by Crippen LogP contribution is 2.30. The molecule has 1 aromatic heterocycles. The third-order valence-electron chi connectivity index (χ3n) is 7.00. The van der Waals surface area contributed by atoms with Crippen LogP contribution in [0.15, 0.2) is 36.5 Å². The molecule has 0 spiro atoms. The van der Waals surface area contributed by atoms with Crippen molar-refractivity contribution in [1.82, 2.24) is 24.3 Å². The normalized spacial score (nSPS) is 13.1. The van der Waals surface area contributed by atoms with Crippen LogP contribution in [0.2, 0.25) is 5.02 Å². The predicted octanol–water partition coefficient (Wildman–Crippen LogP) is 3.58. The summed E-state index contributed by atoms with van der Waals surface area (Å²) in [6.45, 7) is 4.14. The number of anilines is 1. The Morgan fingerprint density at radius 2 is 1.87 bits per heavy atom. The number of rotatable bonds is 10. The lowest BCUT2D eigenvalue weighted by atomic mass is 10.1. The molecular weight excluding hydrogens is 612 g/mol. The molecule has 1 aliphatic rings. The summed E-state index contributed by atoms with van der Waals surface area (Å²) in [6.07, 6.45) is 2.32. The SMILES string of the molecule is CN(C)CCCN1CCN(C(=O)c2ccc(NC(=O)c3ncc(-c4ccc(OCC#N)c(F)c4F)n3C)cc2Cl)CC1.O=CO. The van der Waals surface area contributed by atoms with E-state index in [-0.39, 0.29) is 34.5 Å². The molecule has 2 heterocycles. The lowest BCUT2D eigenvalue weighted by molar-refractivity contribution is -0.122. The molecule has 0 radical (unpaired) electrons. The number of aromatic nitrogens is 2. The molecule has 0 saturated carbocycles. The summed E-state index contributed by atoms with van der Waals surface area (Å²) in [5, 5.41) is 18.4. The molecule has 0 unspecified atom stereocenters. The van der Waals surface area contributed by atoms with Gasteiger partial charge in [0.1, 0.15) is 6.07 Å². The smallest absolute Gasteiger partial charge is 0.291 e. The highest BCUT2D eigenvalue weighted by molar-refractivity contribution is 6.34. The van der Waals surface area contributed by atoms with Gasteiger partial charge in [0.2, 0.25) is 5.82 Å². The topological polar surface area (TPSA) is 144 Å². The van der Waals surface area contributed by atoms with Gasteiger partial charge in [-0.2, -0.15) is 9.65 Å². The molecule has 2 amide bonds. The minimum atomic E-state index is -1.25. The van der Waals surface area contributed by atoms with Gasteiger partial charge in [0.05, 0.1) is 22.5 Å². The van der Waals surface area contributed by atoms with Crippen molar-refractivity contribution in [1.29, 1.82) is 5.26 Å². The van der Waals surface area contributed by atoms with Crippen LogP contribution in [0.3, 0.4) is 0 Å². The third-order valence-corrected chi connectivity index (χ3v) is 7.32. The van der Waals surface area contributed by atoms with E-state index in [2.05, 4.69) is 34.2 Å². The second-order valence-corrected chi connectivity index (χ2v) is 10.7. The van der Waals surface area contributed by atoms with Gasteiger partial charge in [0, 0.05) is 44.5 Å². The zero-order valence-corrected chi connectivity index (χ0v) is 25.9. The summed E-state index contributed by atoms with van der Waals surface area (Å²) in [5.41, 5.74) is 0.703. The Balaban J connectivity index is 0.00000177. The quantitative estimate of drug-likeness (QED) is 0.316. The molecule has 240 valence electrons. The Bertz CT molecular complexity index is 1550. The maximum absolute atomic E-state index is 14.8. The highest BCUT2D eigenvalue weighted by Gasteiger charge is 2.25. The van der Waals surface area contributed by atoms with E-state index in [0.717, 1.165) is 32.6 Å². The number of piperazine rings is 1. The van der Waals surface area contributed by atoms with Crippen LogP contribution in [0.1, 0.15) is 27.4 Å². The van der Waals surface area contributed by atoms with Gasteiger partial charge in [0.25, 0.3) is 18.3 Å². The minimum absolute atomic E-state index is 0.0608. The molecule has 3 aromatic rings. The summed E-state index contributed by atoms with van der Waals surface area (Å²) < 4.78 is 35.4. The van der Waals surface area contributed by atoms with Gasteiger partial charge in [0.15, 0.2) is 24.0 Å². The first kappa shape index (κ1) is 34.9. The second kappa shape index (κ2) is 16.5. The number of hydrogen-bond donors (Lipinski definition) is 2. The first-order chi connectivity index (χ1) is 21.5. The number of amides is 2. The number of nitrogens with one attached hydrogen (secondary N) is 1. The van der Waals surface area contributed by atoms with E-state index in [0.29, 0.717) is 24.3 Å². The number of halogens is 3. The lowest BCUT2D eigenvalue weighted by Crippen LogP contribution is -2.49. The Labute approximate surface area is 264 Å². The molecular formula is C30H34ClF2N7O5. The maximum Gasteiger partial charge on any atom is 0.291 e. The average molecular weight is 646 g/mol. The van der Waals surface area contributed by atoms with Crippen LogP contribution in [-0.4, -0.2) is 108 Å². The third kappa shape index (κ3) is 8.98. The van der Waals surface area contributed by atoms with Crippen molar-refractivity contribution in [3.05, 3.63) is 64.6 Å². The molecule has 4 rings (SSSR count). The van der Waals surface area contributed by atoms with E-state index >= 15 is 0 Å². The van der Waals surface area contributed by atoms with Crippen molar-refractivity contribution in [3.8, 4) is 23.1 Å². The Kier molecular flexibility index (Phi) is 12.8. The number of carbonyl (C=O) groups excluding carboxylic acids is 2. The zero-order chi connectivity index (χ0) is 33.1. The Morgan fingerprint density at radius 3 is 2.49 bits per heavy atom. The standard InChI is InChI=1S/C29H32ClF2N7O3.CH2O2/c1-36(2)10-4-11-38-12-14-39(15-13-38)29(41)20-6-5-19(17-22(20)30)35-28(40)27-34-18-23(37(27)3)21-7-8-24(42-16-9-33)26(32)25(21)31;2-1-3/h5-8,17-18H,4,10-16H2,1-3H3,(H,35,40);1H,(H,2,3). The number of hydrogen-bond acceptors (Lipinski definition) is 8. The monoisotopic (exact) mass is 645 g/mol. The van der Waals surface area contributed by atoms with Crippen LogP contribution in [0.4, 0.5) is 14.5 Å². The number of benzene rings is 2. The van der Waals surface area contributed by atoms with E-state index in [1.807, 2.05) is 0 Å². The van der Waals surface area contributed by atoms with Crippen molar-refractivity contribution in [2.45, 2.75) is 6.42 Å². The minimum Gasteiger partial charge on any atom is -0.483 e. The van der Waals surface area contributed by atoms with Crippen LogP contribution >= 0.6 is 11.6 Å². The molecule has 12 nitrogen and oxygen atoms in total. The van der Waals surface area contributed by atoms with Crippen molar-refractivity contribution in [3.63, 3.8) is 0 Å². The molecule has 2 N–H and O–H groups in total. The first-order valence-corrected chi connectivity index (χ1v) is 14.2. The number of imidazole rings is 1. The number of nitrogens with zero attached hydrogens (tertiary/aromatic N) is 6. The van der Waals surface area contributed by atoms with E-state index < -0.39 is 29.9 Å². The van der Waals surface area contributed by atoms with Crippen molar-refractivity contribution in [2.75, 3.05) is 65.3 Å². The Hall–Kier alpha value is -4.58. The summed E-state index contributed by atoms with van der Waals surface area (Å²) in [7, 11) is 5.59. The molecule has 2 aromatic carbocycles. The van der Waals surface area contributed by atoms with Crippen LogP contribution in [0, 0.1) is 23.0 Å². The van der Waals surface area contributed by atoms with Gasteiger partial charge in [-0.05, 0) is 63.9 Å². The lowest BCUT2D eigenvalue weighted by Gasteiger charge is -2.35. The number of ether oxygens (including phenoxy) is 1. The molecule has 1 saturated heterocycles. The van der Waals surface area contributed by atoms with E-state index in [1.54, 1.807) is 23.1 Å². The van der Waals surface area contributed by atoms with Crippen molar-refractivity contribution >= 4 is 35.6 Å². The average Bonchev–Trinajstić information content (AvgIpc) is 3.39. The van der Waals surface area contributed by atoms with Gasteiger partial charge in [-0.15, -0.1) is 0 Å². The number of carbonyl (C=O) groups is 3. The molecule has 45 heavy (non-hydrogen) atoms. The van der Waals surface area contributed by atoms with Gasteiger partial charge in [-0.1, -0.05) is 11.6 Å². The summed E-state index contributed by atoms with van der Waals surface area (Å²) in [5.74, 6) is -3.68. The van der Waals surface area contributed by atoms with E-state index in [1.165, 1.54) is 36.0 Å². The van der Waals surface area contributed by atoms with Crippen LogP contribution in [0.25, 0.3) is 11.3 Å². The molecule has 0 bridgehead atoms. The maximum atomic E-state index is 14.8. The second-order valence-electron chi connectivity index (χ2n) is 10.3. The highest BCUT2D eigenvalue weighted by atomic mass is 35.5. The summed E-state index contributed by atoms with van der Waals surface area (Å²) in [4.78, 5) is 44.8. The molecule has 15 heteroatoms. The van der Waals surface area contributed by atoms with Crippen LogP contribution in [-0.2, 0) is 11.8 Å². The molecule has 0 aliphatic carbocycles. The fraction of sp³-hybridized carbons (Fsp3) is 0.367. The Morgan fingerprint density at radius 1 is 1.18 bits per heavy atom. The van der Waals surface area contributed by atoms with E-state index in [9.17, 15) is 18.4 Å². The fourth-order valence-electron chi connectivity index (χ4n) is 4.73. The first-order valence-electron chi connectivity index (χ1n) is 13.9. The van der Waals surface area contributed by atoms with Crippen molar-refractivity contribution < 1.29 is 33.0 Å². The number of nitriles is 1. The van der Waals surface area contributed by atoms with Gasteiger partial charge in [-0.25, -0.2) is 9.37 Å². The number of carboxylic acid groups (broad SMARTS) is 1.